The molecule has 1 aliphatic rings. The molecule has 0 N–H and O–H groups in total. The number of hydrogen-bond donors (Lipinski definition) is 0. The molecule has 0 spiro atoms. The van der Waals surface area contributed by atoms with Gasteiger partial charge in [0.15, 0.2) is 12.7 Å². The predicted octanol–water partition coefficient (Wildman–Crippen LogP) is 2.88. The van der Waals surface area contributed by atoms with Crippen LogP contribution in [0.15, 0.2) is 60.7 Å². The number of amides is 1. The number of benzene rings is 2. The summed E-state index contributed by atoms with van der Waals surface area (Å²) in [5.41, 5.74) is 1.92. The lowest BCUT2D eigenvalue weighted by atomic mass is 10.2. The minimum absolute atomic E-state index is 0.0191. The van der Waals surface area contributed by atoms with Crippen molar-refractivity contribution >= 4 is 23.6 Å². The third kappa shape index (κ3) is 6.34. The van der Waals surface area contributed by atoms with Crippen molar-refractivity contribution < 1.29 is 19.1 Å². The average Bonchev–Trinajstić information content (AvgIpc) is 2.82. The maximum atomic E-state index is 12.6. The number of ether oxygens (including phenoxy) is 2. The molecule has 2 aromatic rings. The Kier molecular flexibility index (Phi) is 7.66. The zero-order valence-corrected chi connectivity index (χ0v) is 17.4. The molecule has 160 valence electrons. The number of carbonyl (C=O) groups excluding carboxylic acids is 2. The van der Waals surface area contributed by atoms with Crippen molar-refractivity contribution in [2.24, 2.45) is 0 Å². The van der Waals surface area contributed by atoms with Crippen molar-refractivity contribution in [3.63, 3.8) is 0 Å². The van der Waals surface area contributed by atoms with E-state index >= 15 is 0 Å². The highest BCUT2D eigenvalue weighted by Gasteiger charge is 2.26. The Morgan fingerprint density at radius 3 is 2.39 bits per heavy atom. The number of rotatable bonds is 7. The van der Waals surface area contributed by atoms with Crippen LogP contribution in [-0.4, -0.2) is 55.7 Å². The van der Waals surface area contributed by atoms with Gasteiger partial charge in [-0.05, 0) is 42.8 Å². The molecule has 3 rings (SSSR count). The standard InChI is InChI=1S/C24H25N3O4/c1-19(24(29)27-16-14-26(15-17-27)21-5-3-2-4-6-21)31-23(28)12-9-20-7-10-22(11-8-20)30-18-13-25/h2-12,19H,14-18H2,1H3/b12-9+. The molecule has 1 fully saturated rings. The first kappa shape index (κ1) is 21.9. The molecule has 7 nitrogen and oxygen atoms in total. The van der Waals surface area contributed by atoms with Crippen molar-refractivity contribution in [2.75, 3.05) is 37.7 Å². The van der Waals surface area contributed by atoms with Crippen LogP contribution < -0.4 is 9.64 Å². The van der Waals surface area contributed by atoms with E-state index in [1.807, 2.05) is 24.3 Å². The maximum absolute atomic E-state index is 12.6. The molecule has 1 atom stereocenters. The summed E-state index contributed by atoms with van der Waals surface area (Å²) >= 11 is 0. The minimum Gasteiger partial charge on any atom is -0.479 e. The largest absolute Gasteiger partial charge is 0.479 e. The molecule has 1 saturated heterocycles. The predicted molar refractivity (Wildman–Crippen MR) is 117 cm³/mol. The third-order valence-electron chi connectivity index (χ3n) is 4.95. The Morgan fingerprint density at radius 2 is 1.74 bits per heavy atom. The Bertz CT molecular complexity index is 943. The summed E-state index contributed by atoms with van der Waals surface area (Å²) in [6.45, 7) is 4.24. The lowest BCUT2D eigenvalue weighted by molar-refractivity contribution is -0.155. The lowest BCUT2D eigenvalue weighted by Gasteiger charge is -2.36. The normalized spacial score (nSPS) is 14.7. The first-order valence-corrected chi connectivity index (χ1v) is 10.1. The number of esters is 1. The molecule has 7 heteroatoms. The maximum Gasteiger partial charge on any atom is 0.331 e. The van der Waals surface area contributed by atoms with E-state index in [-0.39, 0.29) is 12.5 Å². The van der Waals surface area contributed by atoms with Gasteiger partial charge in [0, 0.05) is 37.9 Å². The van der Waals surface area contributed by atoms with Gasteiger partial charge in [0.1, 0.15) is 11.8 Å². The van der Waals surface area contributed by atoms with E-state index in [1.165, 1.54) is 6.08 Å². The summed E-state index contributed by atoms with van der Waals surface area (Å²) in [5, 5.41) is 8.51. The second kappa shape index (κ2) is 10.8. The van der Waals surface area contributed by atoms with Crippen LogP contribution in [0.25, 0.3) is 6.08 Å². The fourth-order valence-electron chi connectivity index (χ4n) is 3.30. The van der Waals surface area contributed by atoms with Gasteiger partial charge in [-0.3, -0.25) is 4.79 Å². The van der Waals surface area contributed by atoms with Crippen LogP contribution in [0.2, 0.25) is 0 Å². The molecule has 0 bridgehead atoms. The van der Waals surface area contributed by atoms with Gasteiger partial charge >= 0.3 is 5.97 Å². The van der Waals surface area contributed by atoms with Gasteiger partial charge in [-0.1, -0.05) is 30.3 Å². The molecule has 0 saturated carbocycles. The van der Waals surface area contributed by atoms with Crippen molar-refractivity contribution in [1.82, 2.24) is 4.90 Å². The van der Waals surface area contributed by atoms with Crippen LogP contribution in [0.1, 0.15) is 12.5 Å². The Balaban J connectivity index is 1.45. The lowest BCUT2D eigenvalue weighted by Crippen LogP contribution is -2.51. The van der Waals surface area contributed by atoms with Crippen LogP contribution in [0.4, 0.5) is 5.69 Å². The van der Waals surface area contributed by atoms with E-state index in [4.69, 9.17) is 14.7 Å². The zero-order chi connectivity index (χ0) is 22.1. The summed E-state index contributed by atoms with van der Waals surface area (Å²) < 4.78 is 10.5. The molecule has 1 unspecified atom stereocenters. The molecule has 2 aromatic carbocycles. The van der Waals surface area contributed by atoms with Crippen molar-refractivity contribution in [1.29, 1.82) is 5.26 Å². The fourth-order valence-corrected chi connectivity index (χ4v) is 3.30. The Labute approximate surface area is 182 Å². The van der Waals surface area contributed by atoms with Gasteiger partial charge in [0.25, 0.3) is 5.91 Å². The van der Waals surface area contributed by atoms with Gasteiger partial charge in [-0.15, -0.1) is 0 Å². The number of para-hydroxylation sites is 1. The third-order valence-corrected chi connectivity index (χ3v) is 4.95. The molecule has 31 heavy (non-hydrogen) atoms. The van der Waals surface area contributed by atoms with Crippen LogP contribution in [0.3, 0.4) is 0 Å². The van der Waals surface area contributed by atoms with E-state index < -0.39 is 12.1 Å². The summed E-state index contributed by atoms with van der Waals surface area (Å²) in [6, 6.07) is 18.9. The molecular formula is C24H25N3O4. The molecule has 1 aliphatic heterocycles. The SMILES string of the molecule is CC(OC(=O)/C=C/c1ccc(OCC#N)cc1)C(=O)N1CCN(c2ccccc2)CC1. The summed E-state index contributed by atoms with van der Waals surface area (Å²) in [7, 11) is 0. The highest BCUT2D eigenvalue weighted by Crippen LogP contribution is 2.16. The number of hydrogen-bond acceptors (Lipinski definition) is 6. The molecule has 1 heterocycles. The quantitative estimate of drug-likeness (QED) is 0.507. The van der Waals surface area contributed by atoms with Crippen molar-refractivity contribution in [3.05, 3.63) is 66.2 Å². The van der Waals surface area contributed by atoms with E-state index in [0.717, 1.165) is 24.3 Å². The molecule has 1 amide bonds. The fraction of sp³-hybridized carbons (Fsp3) is 0.292. The second-order valence-electron chi connectivity index (χ2n) is 7.08. The summed E-state index contributed by atoms with van der Waals surface area (Å²) in [6.07, 6.45) is 2.05. The Morgan fingerprint density at radius 1 is 1.06 bits per heavy atom. The smallest absolute Gasteiger partial charge is 0.331 e. The molecular weight excluding hydrogens is 394 g/mol. The molecule has 0 aliphatic carbocycles. The summed E-state index contributed by atoms with van der Waals surface area (Å²) in [4.78, 5) is 28.7. The number of nitrogens with zero attached hydrogens (tertiary/aromatic N) is 3. The van der Waals surface area contributed by atoms with Crippen LogP contribution in [-0.2, 0) is 14.3 Å². The monoisotopic (exact) mass is 419 g/mol. The highest BCUT2D eigenvalue weighted by atomic mass is 16.5. The van der Waals surface area contributed by atoms with Gasteiger partial charge in [-0.25, -0.2) is 4.79 Å². The van der Waals surface area contributed by atoms with Gasteiger partial charge in [0.05, 0.1) is 0 Å². The first-order valence-electron chi connectivity index (χ1n) is 10.1. The van der Waals surface area contributed by atoms with E-state index in [0.29, 0.717) is 18.8 Å². The molecule has 0 radical (unpaired) electrons. The van der Waals surface area contributed by atoms with Crippen LogP contribution in [0.5, 0.6) is 5.75 Å². The van der Waals surface area contributed by atoms with Gasteiger partial charge in [0.2, 0.25) is 0 Å². The van der Waals surface area contributed by atoms with E-state index in [1.54, 1.807) is 42.2 Å². The summed E-state index contributed by atoms with van der Waals surface area (Å²) in [5.74, 6) is -0.185. The topological polar surface area (TPSA) is 82.9 Å². The number of nitriles is 1. The van der Waals surface area contributed by atoms with E-state index in [2.05, 4.69) is 17.0 Å². The van der Waals surface area contributed by atoms with Crippen molar-refractivity contribution in [2.45, 2.75) is 13.0 Å². The number of anilines is 1. The number of carbonyl (C=O) groups is 2. The second-order valence-corrected chi connectivity index (χ2v) is 7.08. The molecule has 0 aromatic heterocycles. The minimum atomic E-state index is -0.845. The average molecular weight is 419 g/mol. The van der Waals surface area contributed by atoms with E-state index in [9.17, 15) is 9.59 Å². The van der Waals surface area contributed by atoms with Crippen LogP contribution >= 0.6 is 0 Å². The zero-order valence-electron chi connectivity index (χ0n) is 17.4. The van der Waals surface area contributed by atoms with Crippen LogP contribution in [0, 0.1) is 11.3 Å². The van der Waals surface area contributed by atoms with Gasteiger partial charge < -0.3 is 19.3 Å². The Hall–Kier alpha value is -3.79. The first-order chi connectivity index (χ1) is 15.1. The number of piperazine rings is 1. The highest BCUT2D eigenvalue weighted by molar-refractivity contribution is 5.90. The van der Waals surface area contributed by atoms with Gasteiger partial charge in [-0.2, -0.15) is 5.26 Å². The van der Waals surface area contributed by atoms with Crippen molar-refractivity contribution in [3.8, 4) is 11.8 Å².